The van der Waals surface area contributed by atoms with E-state index < -0.39 is 0 Å². The second-order valence-corrected chi connectivity index (χ2v) is 13.1. The minimum absolute atomic E-state index is 0.0146. The number of carbonyl (C=O) groups excluding carboxylic acids is 1. The van der Waals surface area contributed by atoms with Crippen LogP contribution >= 0.6 is 0 Å². The molecule has 1 heterocycles. The molecule has 0 bridgehead atoms. The van der Waals surface area contributed by atoms with E-state index in [1.165, 1.54) is 24.8 Å². The highest BCUT2D eigenvalue weighted by Gasteiger charge is 2.67. The van der Waals surface area contributed by atoms with Crippen molar-refractivity contribution in [3.63, 3.8) is 0 Å². The second-order valence-electron chi connectivity index (χ2n) is 13.1. The van der Waals surface area contributed by atoms with Gasteiger partial charge in [0.05, 0.1) is 0 Å². The quantitative estimate of drug-likeness (QED) is 0.486. The Morgan fingerprint density at radius 1 is 0.970 bits per heavy atom. The van der Waals surface area contributed by atoms with Gasteiger partial charge in [0, 0.05) is 18.3 Å². The standard InChI is InChI=1S/C29H42O4/c1-17-14-20(31)15-19-16-23-28(6)11-8-21-26(3,4)24(32-18(2)30)10-12-27(21,5)22(28)9-13-29(23,7)33-25(17)19/h14-15,21-24,31H,8-13,16H2,1-7H3/t21?,22?,23-,24+,27+,28-,29+/m1/s1. The maximum atomic E-state index is 11.8. The highest BCUT2D eigenvalue weighted by Crippen LogP contribution is 2.71. The van der Waals surface area contributed by atoms with Crippen LogP contribution in [0, 0.1) is 40.9 Å². The smallest absolute Gasteiger partial charge is 0.302 e. The second kappa shape index (κ2) is 7.15. The van der Waals surface area contributed by atoms with Gasteiger partial charge in [-0.3, -0.25) is 4.79 Å². The van der Waals surface area contributed by atoms with E-state index in [-0.39, 0.29) is 33.9 Å². The third kappa shape index (κ3) is 3.18. The lowest BCUT2D eigenvalue weighted by Crippen LogP contribution is -2.66. The molecular weight excluding hydrogens is 412 g/mol. The molecule has 3 saturated carbocycles. The van der Waals surface area contributed by atoms with Crippen LogP contribution in [0.25, 0.3) is 0 Å². The lowest BCUT2D eigenvalue weighted by atomic mass is 9.37. The third-order valence-corrected chi connectivity index (χ3v) is 10.9. The van der Waals surface area contributed by atoms with Gasteiger partial charge in [-0.2, -0.15) is 0 Å². The average Bonchev–Trinajstić information content (AvgIpc) is 2.69. The molecule has 7 atom stereocenters. The molecule has 4 aliphatic rings. The molecule has 0 radical (unpaired) electrons. The fraction of sp³-hybridized carbons (Fsp3) is 0.759. The van der Waals surface area contributed by atoms with E-state index in [0.29, 0.717) is 23.5 Å². The van der Waals surface area contributed by atoms with Crippen molar-refractivity contribution in [2.75, 3.05) is 0 Å². The molecule has 3 fully saturated rings. The minimum Gasteiger partial charge on any atom is -0.508 e. The van der Waals surface area contributed by atoms with Crippen LogP contribution in [0.2, 0.25) is 0 Å². The van der Waals surface area contributed by atoms with Crippen molar-refractivity contribution in [2.45, 2.75) is 105 Å². The van der Waals surface area contributed by atoms with E-state index in [4.69, 9.17) is 9.47 Å². The number of phenols is 1. The van der Waals surface area contributed by atoms with Crippen LogP contribution < -0.4 is 4.74 Å². The molecule has 0 amide bonds. The summed E-state index contributed by atoms with van der Waals surface area (Å²) in [6, 6.07) is 3.75. The van der Waals surface area contributed by atoms with Gasteiger partial charge in [0.15, 0.2) is 0 Å². The van der Waals surface area contributed by atoms with E-state index in [2.05, 4.69) is 34.6 Å². The number of esters is 1. The number of aromatic hydroxyl groups is 1. The largest absolute Gasteiger partial charge is 0.508 e. The number of benzene rings is 1. The number of ether oxygens (including phenoxy) is 2. The lowest BCUT2D eigenvalue weighted by Gasteiger charge is -2.69. The summed E-state index contributed by atoms with van der Waals surface area (Å²) in [5.74, 6) is 2.80. The zero-order valence-electron chi connectivity index (χ0n) is 21.6. The summed E-state index contributed by atoms with van der Waals surface area (Å²) in [5.41, 5.74) is 2.47. The van der Waals surface area contributed by atoms with E-state index in [0.717, 1.165) is 37.0 Å². The minimum atomic E-state index is -0.159. The molecule has 2 unspecified atom stereocenters. The van der Waals surface area contributed by atoms with Crippen molar-refractivity contribution in [1.82, 2.24) is 0 Å². The van der Waals surface area contributed by atoms with Gasteiger partial charge in [0.1, 0.15) is 23.2 Å². The highest BCUT2D eigenvalue weighted by atomic mass is 16.5. The third-order valence-electron chi connectivity index (χ3n) is 10.9. The first-order valence-corrected chi connectivity index (χ1v) is 13.0. The van der Waals surface area contributed by atoms with Crippen LogP contribution in [0.5, 0.6) is 11.5 Å². The van der Waals surface area contributed by atoms with E-state index >= 15 is 0 Å². The van der Waals surface area contributed by atoms with Crippen molar-refractivity contribution in [3.8, 4) is 11.5 Å². The molecule has 4 nitrogen and oxygen atoms in total. The number of aryl methyl sites for hydroxylation is 1. The maximum absolute atomic E-state index is 11.8. The van der Waals surface area contributed by atoms with Crippen LogP contribution in [-0.4, -0.2) is 22.8 Å². The van der Waals surface area contributed by atoms with Crippen molar-refractivity contribution in [3.05, 3.63) is 23.3 Å². The number of rotatable bonds is 1. The molecule has 4 heteroatoms. The first-order valence-electron chi connectivity index (χ1n) is 13.0. The fourth-order valence-corrected chi connectivity index (χ4v) is 9.50. The van der Waals surface area contributed by atoms with Crippen LogP contribution in [-0.2, 0) is 16.0 Å². The maximum Gasteiger partial charge on any atom is 0.302 e. The van der Waals surface area contributed by atoms with Crippen LogP contribution in [0.3, 0.4) is 0 Å². The fourth-order valence-electron chi connectivity index (χ4n) is 9.50. The molecular formula is C29H42O4. The van der Waals surface area contributed by atoms with Crippen molar-refractivity contribution < 1.29 is 19.4 Å². The van der Waals surface area contributed by atoms with Crippen LogP contribution in [0.15, 0.2) is 12.1 Å². The summed E-state index contributed by atoms with van der Waals surface area (Å²) in [7, 11) is 0. The predicted octanol–water partition coefficient (Wildman–Crippen LogP) is 6.59. The van der Waals surface area contributed by atoms with Gasteiger partial charge in [0.2, 0.25) is 0 Å². The summed E-state index contributed by atoms with van der Waals surface area (Å²) in [6.07, 6.45) is 7.71. The average molecular weight is 455 g/mol. The van der Waals surface area contributed by atoms with Gasteiger partial charge in [-0.1, -0.05) is 27.7 Å². The molecule has 1 aromatic carbocycles. The number of fused-ring (bicyclic) bond motifs is 6. The summed E-state index contributed by atoms with van der Waals surface area (Å²) in [5, 5.41) is 10.3. The van der Waals surface area contributed by atoms with Gasteiger partial charge >= 0.3 is 5.97 Å². The number of carbonyl (C=O) groups is 1. The van der Waals surface area contributed by atoms with Gasteiger partial charge in [-0.25, -0.2) is 0 Å². The summed E-state index contributed by atoms with van der Waals surface area (Å²) >= 11 is 0. The van der Waals surface area contributed by atoms with Gasteiger partial charge in [-0.05, 0) is 105 Å². The molecule has 3 aliphatic carbocycles. The summed E-state index contributed by atoms with van der Waals surface area (Å²) in [6.45, 7) is 15.7. The molecule has 33 heavy (non-hydrogen) atoms. The molecule has 0 spiro atoms. The van der Waals surface area contributed by atoms with Crippen molar-refractivity contribution in [2.24, 2.45) is 34.0 Å². The SMILES string of the molecule is CC(=O)O[C@H]1CC[C@@]2(C)C(CC[C@]3(C)C2CC[C@]2(C)Oc4c(C)cc(O)cc4C[C@@H]23)C1(C)C. The Bertz CT molecular complexity index is 982. The first-order chi connectivity index (χ1) is 15.3. The number of hydrogen-bond acceptors (Lipinski definition) is 4. The Morgan fingerprint density at radius 2 is 1.61 bits per heavy atom. The zero-order valence-corrected chi connectivity index (χ0v) is 21.6. The van der Waals surface area contributed by atoms with E-state index in [1.807, 2.05) is 19.1 Å². The van der Waals surface area contributed by atoms with Crippen LogP contribution in [0.1, 0.15) is 91.2 Å². The molecule has 0 saturated heterocycles. The topological polar surface area (TPSA) is 55.8 Å². The molecule has 1 aromatic rings. The monoisotopic (exact) mass is 454 g/mol. The number of phenolic OH excluding ortho intramolecular Hbond substituents is 1. The van der Waals surface area contributed by atoms with Crippen molar-refractivity contribution in [1.29, 1.82) is 0 Å². The molecule has 1 aliphatic heterocycles. The van der Waals surface area contributed by atoms with Gasteiger partial charge in [0.25, 0.3) is 0 Å². The Morgan fingerprint density at radius 3 is 2.30 bits per heavy atom. The zero-order chi connectivity index (χ0) is 24.0. The van der Waals surface area contributed by atoms with Crippen LogP contribution in [0.4, 0.5) is 0 Å². The summed E-state index contributed by atoms with van der Waals surface area (Å²) < 4.78 is 12.7. The lowest BCUT2D eigenvalue weighted by molar-refractivity contribution is -0.228. The summed E-state index contributed by atoms with van der Waals surface area (Å²) in [4.78, 5) is 11.8. The molecule has 5 rings (SSSR count). The van der Waals surface area contributed by atoms with E-state index in [9.17, 15) is 9.90 Å². The Labute approximate surface area is 199 Å². The molecule has 1 N–H and O–H groups in total. The Hall–Kier alpha value is -1.71. The molecule has 182 valence electrons. The predicted molar refractivity (Wildman–Crippen MR) is 129 cm³/mol. The Balaban J connectivity index is 1.51. The molecule has 0 aromatic heterocycles. The Kier molecular flexibility index (Phi) is 4.99. The number of hydrogen-bond donors (Lipinski definition) is 1. The first kappa shape index (κ1) is 23.1. The van der Waals surface area contributed by atoms with E-state index in [1.54, 1.807) is 6.92 Å². The van der Waals surface area contributed by atoms with Crippen molar-refractivity contribution >= 4 is 5.97 Å². The van der Waals surface area contributed by atoms with Gasteiger partial charge in [-0.15, -0.1) is 0 Å². The normalized spacial score (nSPS) is 43.2. The van der Waals surface area contributed by atoms with Gasteiger partial charge < -0.3 is 14.6 Å². The highest BCUT2D eigenvalue weighted by molar-refractivity contribution is 5.66.